The Balaban J connectivity index is 2.02. The first-order valence-corrected chi connectivity index (χ1v) is 6.09. The van der Waals surface area contributed by atoms with Crippen LogP contribution in [0.25, 0.3) is 0 Å². The molecule has 0 unspecified atom stereocenters. The van der Waals surface area contributed by atoms with Gasteiger partial charge in [-0.3, -0.25) is 4.98 Å². The minimum absolute atomic E-state index is 0.366. The summed E-state index contributed by atoms with van der Waals surface area (Å²) in [6.45, 7) is 0. The summed E-state index contributed by atoms with van der Waals surface area (Å²) in [5, 5.41) is 0. The SMILES string of the molecule is ClCc1ccncc1OC1CCCCC1. The van der Waals surface area contributed by atoms with Crippen LogP contribution in [0.5, 0.6) is 5.75 Å². The number of rotatable bonds is 3. The van der Waals surface area contributed by atoms with Gasteiger partial charge in [0.05, 0.1) is 18.2 Å². The fraction of sp³-hybridized carbons (Fsp3) is 0.583. The van der Waals surface area contributed by atoms with Crippen molar-refractivity contribution in [3.63, 3.8) is 0 Å². The molecular weight excluding hydrogens is 210 g/mol. The number of ether oxygens (including phenoxy) is 1. The number of halogens is 1. The summed E-state index contributed by atoms with van der Waals surface area (Å²) in [6, 6.07) is 1.92. The Morgan fingerprint density at radius 1 is 1.33 bits per heavy atom. The van der Waals surface area contributed by atoms with Gasteiger partial charge < -0.3 is 4.74 Å². The molecule has 1 saturated carbocycles. The van der Waals surface area contributed by atoms with Crippen LogP contribution in [0, 0.1) is 0 Å². The fourth-order valence-electron chi connectivity index (χ4n) is 1.99. The topological polar surface area (TPSA) is 22.1 Å². The summed E-state index contributed by atoms with van der Waals surface area (Å²) >= 11 is 5.84. The molecule has 82 valence electrons. The molecule has 1 aromatic rings. The maximum Gasteiger partial charge on any atom is 0.142 e. The third-order valence-electron chi connectivity index (χ3n) is 2.86. The maximum atomic E-state index is 5.93. The van der Waals surface area contributed by atoms with Crippen molar-refractivity contribution < 1.29 is 4.74 Å². The van der Waals surface area contributed by atoms with Crippen LogP contribution in [0.3, 0.4) is 0 Å². The minimum Gasteiger partial charge on any atom is -0.488 e. The molecule has 1 fully saturated rings. The van der Waals surface area contributed by atoms with Crippen molar-refractivity contribution in [2.45, 2.75) is 44.1 Å². The molecule has 0 aliphatic heterocycles. The van der Waals surface area contributed by atoms with Gasteiger partial charge in [0.15, 0.2) is 0 Å². The van der Waals surface area contributed by atoms with Crippen LogP contribution in [-0.4, -0.2) is 11.1 Å². The van der Waals surface area contributed by atoms with Gasteiger partial charge in [-0.1, -0.05) is 6.42 Å². The van der Waals surface area contributed by atoms with Gasteiger partial charge in [-0.25, -0.2) is 0 Å². The van der Waals surface area contributed by atoms with Crippen LogP contribution < -0.4 is 4.74 Å². The molecule has 1 heterocycles. The van der Waals surface area contributed by atoms with Crippen molar-refractivity contribution in [1.29, 1.82) is 0 Å². The largest absolute Gasteiger partial charge is 0.488 e. The third kappa shape index (κ3) is 2.85. The zero-order valence-electron chi connectivity index (χ0n) is 8.79. The lowest BCUT2D eigenvalue weighted by Gasteiger charge is -2.23. The Morgan fingerprint density at radius 3 is 2.87 bits per heavy atom. The van der Waals surface area contributed by atoms with Crippen molar-refractivity contribution in [2.24, 2.45) is 0 Å². The minimum atomic E-state index is 0.366. The molecule has 1 aliphatic rings. The summed E-state index contributed by atoms with van der Waals surface area (Å²) < 4.78 is 5.93. The van der Waals surface area contributed by atoms with Crippen molar-refractivity contribution in [1.82, 2.24) is 4.98 Å². The van der Waals surface area contributed by atoms with Gasteiger partial charge in [0.2, 0.25) is 0 Å². The summed E-state index contributed by atoms with van der Waals surface area (Å²) in [5.41, 5.74) is 1.04. The van der Waals surface area contributed by atoms with E-state index >= 15 is 0 Å². The summed E-state index contributed by atoms with van der Waals surface area (Å²) in [5.74, 6) is 1.35. The van der Waals surface area contributed by atoms with E-state index in [1.807, 2.05) is 6.07 Å². The highest BCUT2D eigenvalue weighted by Gasteiger charge is 2.16. The molecule has 0 bridgehead atoms. The number of aromatic nitrogens is 1. The van der Waals surface area contributed by atoms with Gasteiger partial charge in [0.1, 0.15) is 5.75 Å². The Bertz CT molecular complexity index is 310. The molecule has 0 amide bonds. The zero-order chi connectivity index (χ0) is 10.5. The molecule has 2 rings (SSSR count). The highest BCUT2D eigenvalue weighted by Crippen LogP contribution is 2.25. The van der Waals surface area contributed by atoms with Gasteiger partial charge in [-0.15, -0.1) is 11.6 Å². The van der Waals surface area contributed by atoms with E-state index in [9.17, 15) is 0 Å². The van der Waals surface area contributed by atoms with Gasteiger partial charge in [-0.05, 0) is 31.7 Å². The molecular formula is C12H16ClNO. The molecule has 1 aromatic heterocycles. The second kappa shape index (κ2) is 5.36. The van der Waals surface area contributed by atoms with E-state index in [0.717, 1.165) is 24.2 Å². The van der Waals surface area contributed by atoms with Crippen LogP contribution in [0.1, 0.15) is 37.7 Å². The molecule has 0 aromatic carbocycles. The van der Waals surface area contributed by atoms with E-state index in [-0.39, 0.29) is 0 Å². The normalized spacial score (nSPS) is 17.7. The van der Waals surface area contributed by atoms with Gasteiger partial charge in [0, 0.05) is 11.8 Å². The molecule has 0 spiro atoms. The molecule has 0 N–H and O–H groups in total. The summed E-state index contributed by atoms with van der Waals surface area (Å²) in [6.07, 6.45) is 10.1. The number of alkyl halides is 1. The number of nitrogens with zero attached hydrogens (tertiary/aromatic N) is 1. The van der Waals surface area contributed by atoms with Crippen LogP contribution in [0.4, 0.5) is 0 Å². The van der Waals surface area contributed by atoms with E-state index in [0.29, 0.717) is 12.0 Å². The van der Waals surface area contributed by atoms with Crippen LogP contribution in [0.2, 0.25) is 0 Å². The number of pyridine rings is 1. The highest BCUT2D eigenvalue weighted by atomic mass is 35.5. The first kappa shape index (κ1) is 10.7. The second-order valence-electron chi connectivity index (χ2n) is 3.99. The monoisotopic (exact) mass is 225 g/mol. The Labute approximate surface area is 95.6 Å². The third-order valence-corrected chi connectivity index (χ3v) is 3.15. The van der Waals surface area contributed by atoms with E-state index in [1.165, 1.54) is 19.3 Å². The zero-order valence-corrected chi connectivity index (χ0v) is 9.54. The Kier molecular flexibility index (Phi) is 3.84. The van der Waals surface area contributed by atoms with Crippen molar-refractivity contribution in [3.05, 3.63) is 24.0 Å². The quantitative estimate of drug-likeness (QED) is 0.735. The summed E-state index contributed by atoms with van der Waals surface area (Å²) in [7, 11) is 0. The average molecular weight is 226 g/mol. The number of hydrogen-bond donors (Lipinski definition) is 0. The lowest BCUT2D eigenvalue weighted by molar-refractivity contribution is 0.153. The van der Waals surface area contributed by atoms with Gasteiger partial charge >= 0.3 is 0 Å². The Hall–Kier alpha value is -0.760. The van der Waals surface area contributed by atoms with Crippen molar-refractivity contribution >= 4 is 11.6 Å². The predicted molar refractivity (Wildman–Crippen MR) is 61.3 cm³/mol. The molecule has 1 aliphatic carbocycles. The lowest BCUT2D eigenvalue weighted by atomic mass is 9.98. The molecule has 0 atom stereocenters. The second-order valence-corrected chi connectivity index (χ2v) is 4.26. The van der Waals surface area contributed by atoms with E-state index in [4.69, 9.17) is 16.3 Å². The van der Waals surface area contributed by atoms with E-state index < -0.39 is 0 Å². The average Bonchev–Trinajstić information content (AvgIpc) is 2.31. The maximum absolute atomic E-state index is 5.93. The van der Waals surface area contributed by atoms with Gasteiger partial charge in [0.25, 0.3) is 0 Å². The molecule has 2 nitrogen and oxygen atoms in total. The Morgan fingerprint density at radius 2 is 2.13 bits per heavy atom. The lowest BCUT2D eigenvalue weighted by Crippen LogP contribution is -2.20. The standard InChI is InChI=1S/C12H16ClNO/c13-8-10-6-7-14-9-12(10)15-11-4-2-1-3-5-11/h6-7,9,11H,1-5,8H2. The molecule has 3 heteroatoms. The van der Waals surface area contributed by atoms with Crippen LogP contribution in [-0.2, 0) is 5.88 Å². The summed E-state index contributed by atoms with van der Waals surface area (Å²) in [4.78, 5) is 4.08. The predicted octanol–water partition coefficient (Wildman–Crippen LogP) is 3.53. The smallest absolute Gasteiger partial charge is 0.142 e. The van der Waals surface area contributed by atoms with E-state index in [1.54, 1.807) is 12.4 Å². The van der Waals surface area contributed by atoms with Crippen LogP contribution in [0.15, 0.2) is 18.5 Å². The van der Waals surface area contributed by atoms with Crippen molar-refractivity contribution in [2.75, 3.05) is 0 Å². The van der Waals surface area contributed by atoms with Gasteiger partial charge in [-0.2, -0.15) is 0 Å². The molecule has 15 heavy (non-hydrogen) atoms. The van der Waals surface area contributed by atoms with Crippen molar-refractivity contribution in [3.8, 4) is 5.75 Å². The molecule has 0 radical (unpaired) electrons. The number of hydrogen-bond acceptors (Lipinski definition) is 2. The van der Waals surface area contributed by atoms with Crippen LogP contribution >= 0.6 is 11.6 Å². The fourth-order valence-corrected chi connectivity index (χ4v) is 2.21. The molecule has 0 saturated heterocycles. The first-order valence-electron chi connectivity index (χ1n) is 5.55. The highest BCUT2D eigenvalue weighted by molar-refractivity contribution is 6.17. The van der Waals surface area contributed by atoms with E-state index in [2.05, 4.69) is 4.98 Å². The first-order chi connectivity index (χ1) is 7.40.